The van der Waals surface area contributed by atoms with Gasteiger partial charge in [0.1, 0.15) is 17.7 Å². The van der Waals surface area contributed by atoms with Crippen LogP contribution in [0.1, 0.15) is 29.4 Å². The number of benzene rings is 2. The van der Waals surface area contributed by atoms with Crippen LogP contribution in [0.15, 0.2) is 65.8 Å². The molecule has 1 N–H and O–H groups in total. The van der Waals surface area contributed by atoms with Crippen molar-refractivity contribution in [3.8, 4) is 0 Å². The third-order valence-electron chi connectivity index (χ3n) is 5.80. The van der Waals surface area contributed by atoms with Gasteiger partial charge in [0.05, 0.1) is 18.1 Å². The van der Waals surface area contributed by atoms with E-state index in [9.17, 15) is 17.6 Å². The molecule has 2 heterocycles. The Morgan fingerprint density at radius 3 is 2.41 bits per heavy atom. The summed E-state index contributed by atoms with van der Waals surface area (Å²) in [5.74, 6) is 0.0905. The number of nitrogens with one attached hydrogen (secondary N) is 1. The van der Waals surface area contributed by atoms with Crippen LogP contribution >= 0.6 is 0 Å². The zero-order valence-corrected chi connectivity index (χ0v) is 19.7. The van der Waals surface area contributed by atoms with E-state index >= 15 is 0 Å². The van der Waals surface area contributed by atoms with E-state index in [0.717, 1.165) is 11.1 Å². The summed E-state index contributed by atoms with van der Waals surface area (Å²) in [6.45, 7) is 1.47. The molecule has 1 aliphatic heterocycles. The van der Waals surface area contributed by atoms with Crippen LogP contribution in [0.5, 0.6) is 0 Å². The second kappa shape index (κ2) is 10.5. The first-order chi connectivity index (χ1) is 16.3. The lowest BCUT2D eigenvalue weighted by molar-refractivity contribution is -0.121. The van der Waals surface area contributed by atoms with Gasteiger partial charge in [0.15, 0.2) is 0 Å². The second-order valence-corrected chi connectivity index (χ2v) is 10.0. The summed E-state index contributed by atoms with van der Waals surface area (Å²) in [6.07, 6.45) is 4.08. The van der Waals surface area contributed by atoms with Crippen molar-refractivity contribution in [1.29, 1.82) is 0 Å². The predicted octanol–water partition coefficient (Wildman–Crippen LogP) is 2.42. The number of amides is 1. The highest BCUT2D eigenvalue weighted by atomic mass is 32.2. The maximum Gasteiger partial charge on any atom is 0.243 e. The van der Waals surface area contributed by atoms with Gasteiger partial charge in [-0.3, -0.25) is 4.79 Å². The number of nitrogens with zero attached hydrogens (tertiary/aromatic N) is 3. The summed E-state index contributed by atoms with van der Waals surface area (Å²) in [4.78, 5) is 17.3. The third kappa shape index (κ3) is 5.52. The van der Waals surface area contributed by atoms with Crippen LogP contribution in [-0.2, 0) is 33.0 Å². The lowest BCUT2D eigenvalue weighted by Gasteiger charge is -2.26. The van der Waals surface area contributed by atoms with Gasteiger partial charge in [-0.05, 0) is 41.8 Å². The number of carbonyl (C=O) groups excluding carboxylic acids is 1. The van der Waals surface area contributed by atoms with Gasteiger partial charge in [-0.2, -0.15) is 4.31 Å². The molecule has 8 nitrogen and oxygen atoms in total. The molecule has 0 radical (unpaired) electrons. The highest BCUT2D eigenvalue weighted by molar-refractivity contribution is 7.89. The van der Waals surface area contributed by atoms with Crippen LogP contribution in [0, 0.1) is 5.82 Å². The van der Waals surface area contributed by atoms with Gasteiger partial charge >= 0.3 is 0 Å². The Hall–Kier alpha value is -3.08. The normalized spacial score (nSPS) is 15.7. The highest BCUT2D eigenvalue weighted by Gasteiger charge is 2.26. The molecule has 3 aromatic rings. The SMILES string of the molecule is Cn1ccnc1[C@@H](NC(=O)CCc1ccc(S(=O)(=O)N2CCOCC2)cc1)c1ccc(F)cc1. The number of hydrogen-bond donors (Lipinski definition) is 1. The van der Waals surface area contributed by atoms with Crippen LogP contribution in [0.4, 0.5) is 4.39 Å². The van der Waals surface area contributed by atoms with Crippen molar-refractivity contribution in [3.05, 3.63) is 83.7 Å². The Balaban J connectivity index is 1.40. The zero-order chi connectivity index (χ0) is 24.1. The molecule has 1 aliphatic rings. The van der Waals surface area contributed by atoms with Crippen molar-refractivity contribution in [2.45, 2.75) is 23.8 Å². The molecule has 0 saturated carbocycles. The van der Waals surface area contributed by atoms with Crippen molar-refractivity contribution in [2.75, 3.05) is 26.3 Å². The Bertz CT molecular complexity index is 1220. The van der Waals surface area contributed by atoms with E-state index in [4.69, 9.17) is 4.74 Å². The summed E-state index contributed by atoms with van der Waals surface area (Å²) in [6, 6.07) is 12.1. The maximum absolute atomic E-state index is 13.4. The van der Waals surface area contributed by atoms with Crippen molar-refractivity contribution >= 4 is 15.9 Å². The third-order valence-corrected chi connectivity index (χ3v) is 7.71. The first kappa shape index (κ1) is 24.1. The molecular formula is C24H27FN4O4S. The van der Waals surface area contributed by atoms with Gasteiger partial charge < -0.3 is 14.6 Å². The average molecular weight is 487 g/mol. The fraction of sp³-hybridized carbons (Fsp3) is 0.333. The number of hydrogen-bond acceptors (Lipinski definition) is 5. The van der Waals surface area contributed by atoms with Gasteiger partial charge in [-0.1, -0.05) is 24.3 Å². The van der Waals surface area contributed by atoms with E-state index in [1.807, 2.05) is 11.6 Å². The average Bonchev–Trinajstić information content (AvgIpc) is 3.28. The number of imidazole rings is 1. The van der Waals surface area contributed by atoms with Crippen LogP contribution < -0.4 is 5.32 Å². The Morgan fingerprint density at radius 1 is 1.12 bits per heavy atom. The standard InChI is InChI=1S/C24H27FN4O4S/c1-28-13-12-26-24(28)23(19-5-7-20(25)8-6-19)27-22(30)11-4-18-2-9-21(10-3-18)34(31,32)29-14-16-33-17-15-29/h2-3,5-10,12-13,23H,4,11,14-17H2,1H3,(H,27,30)/t23-/m0/s1. The van der Waals surface area contributed by atoms with E-state index in [0.29, 0.717) is 38.5 Å². The Labute approximate surface area is 198 Å². The molecule has 10 heteroatoms. The molecule has 1 aromatic heterocycles. The van der Waals surface area contributed by atoms with Gasteiger partial charge in [0.2, 0.25) is 15.9 Å². The molecule has 0 bridgehead atoms. The second-order valence-electron chi connectivity index (χ2n) is 8.11. The Morgan fingerprint density at radius 2 is 1.79 bits per heavy atom. The lowest BCUT2D eigenvalue weighted by atomic mass is 10.0. The molecule has 1 atom stereocenters. The Kier molecular flexibility index (Phi) is 7.40. The smallest absolute Gasteiger partial charge is 0.243 e. The van der Waals surface area contributed by atoms with Crippen LogP contribution in [0.2, 0.25) is 0 Å². The lowest BCUT2D eigenvalue weighted by Crippen LogP contribution is -2.40. The number of rotatable bonds is 8. The van der Waals surface area contributed by atoms with Crippen LogP contribution in [-0.4, -0.2) is 54.5 Å². The van der Waals surface area contributed by atoms with Gasteiger partial charge in [0, 0.05) is 39.0 Å². The van der Waals surface area contributed by atoms with Crippen molar-refractivity contribution in [3.63, 3.8) is 0 Å². The molecular weight excluding hydrogens is 459 g/mol. The number of ether oxygens (including phenoxy) is 1. The molecule has 0 unspecified atom stereocenters. The molecule has 0 aliphatic carbocycles. The quantitative estimate of drug-likeness (QED) is 0.528. The molecule has 34 heavy (non-hydrogen) atoms. The molecule has 1 fully saturated rings. The minimum atomic E-state index is -3.55. The van der Waals surface area contributed by atoms with Gasteiger partial charge in [0.25, 0.3) is 0 Å². The van der Waals surface area contributed by atoms with E-state index < -0.39 is 16.1 Å². The summed E-state index contributed by atoms with van der Waals surface area (Å²) in [5.41, 5.74) is 1.58. The van der Waals surface area contributed by atoms with Crippen molar-refractivity contribution < 1.29 is 22.3 Å². The summed E-state index contributed by atoms with van der Waals surface area (Å²) < 4.78 is 47.4. The maximum atomic E-state index is 13.4. The number of carbonyl (C=O) groups is 1. The molecule has 1 saturated heterocycles. The van der Waals surface area contributed by atoms with E-state index in [1.54, 1.807) is 48.8 Å². The molecule has 2 aromatic carbocycles. The van der Waals surface area contributed by atoms with Gasteiger partial charge in [-0.15, -0.1) is 0 Å². The first-order valence-electron chi connectivity index (χ1n) is 11.0. The summed E-state index contributed by atoms with van der Waals surface area (Å²) in [5, 5.41) is 2.99. The van der Waals surface area contributed by atoms with Gasteiger partial charge in [-0.25, -0.2) is 17.8 Å². The highest BCUT2D eigenvalue weighted by Crippen LogP contribution is 2.22. The summed E-state index contributed by atoms with van der Waals surface area (Å²) >= 11 is 0. The number of aryl methyl sites for hydroxylation is 2. The first-order valence-corrected chi connectivity index (χ1v) is 12.5. The molecule has 1 amide bonds. The summed E-state index contributed by atoms with van der Waals surface area (Å²) in [7, 11) is -1.72. The minimum Gasteiger partial charge on any atom is -0.379 e. The largest absolute Gasteiger partial charge is 0.379 e. The van der Waals surface area contributed by atoms with Crippen molar-refractivity contribution in [2.24, 2.45) is 7.05 Å². The number of halogens is 1. The molecule has 180 valence electrons. The van der Waals surface area contributed by atoms with E-state index in [2.05, 4.69) is 10.3 Å². The van der Waals surface area contributed by atoms with Crippen molar-refractivity contribution in [1.82, 2.24) is 19.2 Å². The van der Waals surface area contributed by atoms with Crippen LogP contribution in [0.25, 0.3) is 0 Å². The number of morpholine rings is 1. The number of sulfonamides is 1. The topological polar surface area (TPSA) is 93.5 Å². The van der Waals surface area contributed by atoms with E-state index in [-0.39, 0.29) is 23.0 Å². The monoisotopic (exact) mass is 486 g/mol. The predicted molar refractivity (Wildman–Crippen MR) is 124 cm³/mol. The minimum absolute atomic E-state index is 0.192. The molecule has 0 spiro atoms. The zero-order valence-electron chi connectivity index (χ0n) is 18.9. The molecule has 4 rings (SSSR count). The van der Waals surface area contributed by atoms with Crippen LogP contribution in [0.3, 0.4) is 0 Å². The number of aromatic nitrogens is 2. The van der Waals surface area contributed by atoms with E-state index in [1.165, 1.54) is 16.4 Å². The fourth-order valence-electron chi connectivity index (χ4n) is 3.86. The fourth-order valence-corrected chi connectivity index (χ4v) is 5.27.